The molecule has 0 radical (unpaired) electrons. The van der Waals surface area contributed by atoms with Gasteiger partial charge in [-0.1, -0.05) is 32.4 Å². The number of carbonyl (C=O) groups excluding carboxylic acids is 2. The number of hydrogen-bond donors (Lipinski definition) is 1. The molecule has 166 valence electrons. The van der Waals surface area contributed by atoms with Crippen LogP contribution in [-0.4, -0.2) is 44.3 Å². The average Bonchev–Trinajstić information content (AvgIpc) is 2.78. The van der Waals surface area contributed by atoms with Crippen molar-refractivity contribution in [3.8, 4) is 0 Å². The molecule has 1 aliphatic rings. The third-order valence-corrected chi connectivity index (χ3v) is 7.15. The van der Waals surface area contributed by atoms with Crippen LogP contribution in [0.4, 0.5) is 5.69 Å². The van der Waals surface area contributed by atoms with Crippen molar-refractivity contribution in [2.75, 3.05) is 25.0 Å². The van der Waals surface area contributed by atoms with Gasteiger partial charge in [-0.3, -0.25) is 4.79 Å². The van der Waals surface area contributed by atoms with E-state index in [0.29, 0.717) is 30.3 Å². The molecule has 0 atom stereocenters. The molecule has 1 saturated heterocycles. The Labute approximate surface area is 183 Å². The molecule has 0 unspecified atom stereocenters. The molecule has 0 spiro atoms. The predicted molar refractivity (Wildman–Crippen MR) is 118 cm³/mol. The molecule has 2 aromatic rings. The van der Waals surface area contributed by atoms with E-state index in [2.05, 4.69) is 19.2 Å². The Kier molecular flexibility index (Phi) is 7.46. The molecular weight excluding hydrogens is 416 g/mol. The highest BCUT2D eigenvalue weighted by molar-refractivity contribution is 7.89. The lowest BCUT2D eigenvalue weighted by Gasteiger charge is -2.25. The van der Waals surface area contributed by atoms with Crippen LogP contribution < -0.4 is 5.32 Å². The van der Waals surface area contributed by atoms with Crippen molar-refractivity contribution in [3.63, 3.8) is 0 Å². The molecule has 1 N–H and O–H groups in total. The maximum absolute atomic E-state index is 12.7. The number of piperidine rings is 1. The minimum absolute atomic E-state index is 0.198. The van der Waals surface area contributed by atoms with Crippen molar-refractivity contribution >= 4 is 27.6 Å². The highest BCUT2D eigenvalue weighted by Gasteiger charge is 2.25. The molecule has 1 heterocycles. The van der Waals surface area contributed by atoms with Gasteiger partial charge in [-0.25, -0.2) is 13.2 Å². The van der Waals surface area contributed by atoms with E-state index < -0.39 is 28.5 Å². The first-order chi connectivity index (χ1) is 14.8. The van der Waals surface area contributed by atoms with Crippen LogP contribution in [0.1, 0.15) is 54.9 Å². The van der Waals surface area contributed by atoms with Gasteiger partial charge in [0.25, 0.3) is 5.91 Å². The molecule has 31 heavy (non-hydrogen) atoms. The number of rotatable bonds is 7. The van der Waals surface area contributed by atoms with Crippen LogP contribution in [-0.2, 0) is 19.6 Å². The van der Waals surface area contributed by atoms with Crippen molar-refractivity contribution in [1.82, 2.24) is 4.31 Å². The number of anilines is 1. The molecule has 1 aliphatic heterocycles. The molecular formula is C23H28N2O5S. The monoisotopic (exact) mass is 444 g/mol. The van der Waals surface area contributed by atoms with Gasteiger partial charge < -0.3 is 10.1 Å². The fraction of sp³-hybridized carbons (Fsp3) is 0.391. The van der Waals surface area contributed by atoms with Crippen LogP contribution in [0.2, 0.25) is 0 Å². The van der Waals surface area contributed by atoms with Gasteiger partial charge in [0, 0.05) is 18.8 Å². The third kappa shape index (κ3) is 5.92. The minimum atomic E-state index is -3.52. The summed E-state index contributed by atoms with van der Waals surface area (Å²) in [5.41, 5.74) is 1.92. The molecule has 0 aliphatic carbocycles. The van der Waals surface area contributed by atoms with Crippen LogP contribution in [0.15, 0.2) is 53.4 Å². The minimum Gasteiger partial charge on any atom is -0.452 e. The highest BCUT2D eigenvalue weighted by atomic mass is 32.2. The summed E-state index contributed by atoms with van der Waals surface area (Å²) in [6, 6.07) is 13.1. The Hall–Kier alpha value is -2.71. The smallest absolute Gasteiger partial charge is 0.338 e. The van der Waals surface area contributed by atoms with Crippen LogP contribution >= 0.6 is 0 Å². The van der Waals surface area contributed by atoms with Crippen LogP contribution in [0.3, 0.4) is 0 Å². The van der Waals surface area contributed by atoms with Gasteiger partial charge in [0.15, 0.2) is 6.61 Å². The van der Waals surface area contributed by atoms with Crippen molar-refractivity contribution in [3.05, 3.63) is 59.7 Å². The number of hydrogen-bond acceptors (Lipinski definition) is 5. The Bertz CT molecular complexity index is 1010. The lowest BCUT2D eigenvalue weighted by Crippen LogP contribution is -2.35. The van der Waals surface area contributed by atoms with Crippen LogP contribution in [0.25, 0.3) is 0 Å². The Morgan fingerprint density at radius 2 is 1.58 bits per heavy atom. The lowest BCUT2D eigenvalue weighted by molar-refractivity contribution is -0.119. The molecule has 7 nitrogen and oxygen atoms in total. The number of nitrogens with one attached hydrogen (secondary N) is 1. The Morgan fingerprint density at radius 3 is 2.16 bits per heavy atom. The second kappa shape index (κ2) is 10.1. The second-order valence-corrected chi connectivity index (χ2v) is 9.83. The molecule has 2 aromatic carbocycles. The zero-order valence-corrected chi connectivity index (χ0v) is 18.7. The molecule has 1 amide bonds. The summed E-state index contributed by atoms with van der Waals surface area (Å²) in [5.74, 6) is -0.718. The van der Waals surface area contributed by atoms with Gasteiger partial charge in [-0.15, -0.1) is 0 Å². The van der Waals surface area contributed by atoms with Crippen molar-refractivity contribution in [1.29, 1.82) is 0 Å². The largest absolute Gasteiger partial charge is 0.452 e. The Balaban J connectivity index is 1.53. The molecule has 1 fully saturated rings. The van der Waals surface area contributed by atoms with Crippen molar-refractivity contribution in [2.45, 2.75) is 43.9 Å². The molecule has 0 saturated carbocycles. The van der Waals surface area contributed by atoms with E-state index >= 15 is 0 Å². The molecule has 0 bridgehead atoms. The number of ether oxygens (including phenoxy) is 1. The van der Waals surface area contributed by atoms with E-state index in [9.17, 15) is 18.0 Å². The first-order valence-electron chi connectivity index (χ1n) is 10.4. The van der Waals surface area contributed by atoms with Crippen molar-refractivity contribution in [2.24, 2.45) is 0 Å². The second-order valence-electron chi connectivity index (χ2n) is 7.89. The zero-order chi connectivity index (χ0) is 22.4. The van der Waals surface area contributed by atoms with E-state index in [1.165, 1.54) is 28.6 Å². The SMILES string of the molecule is CC(C)c1ccc(C(=O)OCC(=O)Nc2ccc(S(=O)(=O)N3CCCCC3)cc2)cc1. The molecule has 3 rings (SSSR count). The third-order valence-electron chi connectivity index (χ3n) is 5.24. The first-order valence-corrected chi connectivity index (χ1v) is 11.9. The fourth-order valence-corrected chi connectivity index (χ4v) is 4.90. The highest BCUT2D eigenvalue weighted by Crippen LogP contribution is 2.22. The quantitative estimate of drug-likeness (QED) is 0.656. The summed E-state index contributed by atoms with van der Waals surface area (Å²) >= 11 is 0. The maximum atomic E-state index is 12.7. The zero-order valence-electron chi connectivity index (χ0n) is 17.8. The number of nitrogens with zero attached hydrogens (tertiary/aromatic N) is 1. The number of carbonyl (C=O) groups is 2. The lowest BCUT2D eigenvalue weighted by atomic mass is 10.0. The van der Waals surface area contributed by atoms with E-state index in [0.717, 1.165) is 24.8 Å². The van der Waals surface area contributed by atoms with Gasteiger partial charge in [0.1, 0.15) is 0 Å². The number of benzene rings is 2. The fourth-order valence-electron chi connectivity index (χ4n) is 3.38. The van der Waals surface area contributed by atoms with Gasteiger partial charge >= 0.3 is 5.97 Å². The van der Waals surface area contributed by atoms with Gasteiger partial charge in [-0.2, -0.15) is 4.31 Å². The van der Waals surface area contributed by atoms with E-state index in [1.54, 1.807) is 12.1 Å². The summed E-state index contributed by atoms with van der Waals surface area (Å²) in [7, 11) is -3.52. The summed E-state index contributed by atoms with van der Waals surface area (Å²) in [5, 5.41) is 2.61. The number of amides is 1. The maximum Gasteiger partial charge on any atom is 0.338 e. The predicted octanol–water partition coefficient (Wildman–Crippen LogP) is 3.78. The van der Waals surface area contributed by atoms with E-state index in [4.69, 9.17) is 4.74 Å². The summed E-state index contributed by atoms with van der Waals surface area (Å²) < 4.78 is 31.9. The number of sulfonamides is 1. The van der Waals surface area contributed by atoms with E-state index in [-0.39, 0.29) is 4.90 Å². The molecule has 8 heteroatoms. The molecule has 0 aromatic heterocycles. The summed E-state index contributed by atoms with van der Waals surface area (Å²) in [6.45, 7) is 4.76. The van der Waals surface area contributed by atoms with Crippen molar-refractivity contribution < 1.29 is 22.7 Å². The number of esters is 1. The van der Waals surface area contributed by atoms with E-state index in [1.807, 2.05) is 12.1 Å². The normalized spacial score (nSPS) is 14.9. The topological polar surface area (TPSA) is 92.8 Å². The van der Waals surface area contributed by atoms with Crippen LogP contribution in [0, 0.1) is 0 Å². The summed E-state index contributed by atoms with van der Waals surface area (Å²) in [4.78, 5) is 24.4. The average molecular weight is 445 g/mol. The first kappa shape index (κ1) is 23.0. The van der Waals surface area contributed by atoms with Gasteiger partial charge in [0.05, 0.1) is 10.5 Å². The van der Waals surface area contributed by atoms with Crippen LogP contribution in [0.5, 0.6) is 0 Å². The Morgan fingerprint density at radius 1 is 0.968 bits per heavy atom. The summed E-state index contributed by atoms with van der Waals surface area (Å²) in [6.07, 6.45) is 2.78. The van der Waals surface area contributed by atoms with Gasteiger partial charge in [0.2, 0.25) is 10.0 Å². The van der Waals surface area contributed by atoms with Gasteiger partial charge in [-0.05, 0) is 60.7 Å². The standard InChI is InChI=1S/C23H28N2O5S/c1-17(2)18-6-8-19(9-7-18)23(27)30-16-22(26)24-20-10-12-21(13-11-20)31(28,29)25-14-4-3-5-15-25/h6-13,17H,3-5,14-16H2,1-2H3,(H,24,26).